The average molecular weight is 487 g/mol. The van der Waals surface area contributed by atoms with E-state index in [-0.39, 0.29) is 23.9 Å². The molecule has 0 atom stereocenters. The average Bonchev–Trinajstić information content (AvgIpc) is 3.03. The number of nitrogens with one attached hydrogen (secondary N) is 1. The first-order valence-electron chi connectivity index (χ1n) is 10.8. The standard InChI is InChI=1S/C24H28BClN2O6/c1-23(2)24(3,4)34-25(33-23)18(11-17-12-19(21(29)31-5)20(26)27-13-17)14-28-22(30)32-15-16-9-7-6-8-10-16/h6-13H,14-15H2,1-5H3,(H,28,30). The first-order chi connectivity index (χ1) is 16.0. The monoisotopic (exact) mass is 486 g/mol. The molecule has 1 saturated heterocycles. The molecule has 34 heavy (non-hydrogen) atoms. The van der Waals surface area contributed by atoms with Crippen LogP contribution in [0.5, 0.6) is 0 Å². The molecule has 1 aliphatic heterocycles. The van der Waals surface area contributed by atoms with Gasteiger partial charge in [0.15, 0.2) is 0 Å². The van der Waals surface area contributed by atoms with E-state index in [0.29, 0.717) is 11.0 Å². The van der Waals surface area contributed by atoms with E-state index in [4.69, 9.17) is 30.4 Å². The highest BCUT2D eigenvalue weighted by Gasteiger charge is 2.52. The fraction of sp³-hybridized carbons (Fsp3) is 0.375. The molecule has 3 rings (SSSR count). The van der Waals surface area contributed by atoms with Crippen molar-refractivity contribution in [1.29, 1.82) is 0 Å². The van der Waals surface area contributed by atoms with Crippen LogP contribution in [0.2, 0.25) is 5.15 Å². The molecule has 0 radical (unpaired) electrons. The van der Waals surface area contributed by atoms with Crippen LogP contribution in [0.3, 0.4) is 0 Å². The first-order valence-corrected chi connectivity index (χ1v) is 11.1. The van der Waals surface area contributed by atoms with Crippen LogP contribution < -0.4 is 5.32 Å². The summed E-state index contributed by atoms with van der Waals surface area (Å²) in [5.74, 6) is -0.604. The molecule has 8 nitrogen and oxygen atoms in total. The van der Waals surface area contributed by atoms with Crippen LogP contribution in [-0.4, -0.2) is 49.0 Å². The molecular formula is C24H28BClN2O6. The summed E-state index contributed by atoms with van der Waals surface area (Å²) in [6.07, 6.45) is 2.65. The van der Waals surface area contributed by atoms with Crippen LogP contribution in [0.25, 0.3) is 6.08 Å². The van der Waals surface area contributed by atoms with Crippen LogP contribution in [-0.2, 0) is 25.4 Å². The quantitative estimate of drug-likeness (QED) is 0.350. The Morgan fingerprint density at radius 3 is 2.41 bits per heavy atom. The van der Waals surface area contributed by atoms with Crippen molar-refractivity contribution in [2.24, 2.45) is 0 Å². The molecule has 0 spiro atoms. The molecule has 10 heteroatoms. The fourth-order valence-electron chi connectivity index (χ4n) is 3.16. The van der Waals surface area contributed by atoms with Crippen molar-refractivity contribution in [2.75, 3.05) is 13.7 Å². The van der Waals surface area contributed by atoms with Gasteiger partial charge in [-0.05, 0) is 50.4 Å². The number of amides is 1. The Kier molecular flexibility index (Phi) is 8.02. The van der Waals surface area contributed by atoms with Crippen LogP contribution in [0.15, 0.2) is 48.1 Å². The molecule has 1 amide bonds. The Morgan fingerprint density at radius 1 is 1.15 bits per heavy atom. The number of pyridine rings is 1. The molecule has 1 aliphatic rings. The molecule has 1 N–H and O–H groups in total. The minimum absolute atomic E-state index is 0.0313. The van der Waals surface area contributed by atoms with Gasteiger partial charge in [0.1, 0.15) is 11.8 Å². The Morgan fingerprint density at radius 2 is 1.79 bits per heavy atom. The number of nitrogens with zero attached hydrogens (tertiary/aromatic N) is 1. The van der Waals surface area contributed by atoms with Crippen molar-refractivity contribution < 1.29 is 28.4 Å². The van der Waals surface area contributed by atoms with E-state index >= 15 is 0 Å². The van der Waals surface area contributed by atoms with Crippen molar-refractivity contribution in [3.8, 4) is 0 Å². The van der Waals surface area contributed by atoms with Gasteiger partial charge in [-0.3, -0.25) is 0 Å². The number of hydrogen-bond acceptors (Lipinski definition) is 7. The van der Waals surface area contributed by atoms with E-state index in [9.17, 15) is 9.59 Å². The van der Waals surface area contributed by atoms with Crippen molar-refractivity contribution in [1.82, 2.24) is 10.3 Å². The molecule has 0 unspecified atom stereocenters. The maximum absolute atomic E-state index is 12.3. The Bertz CT molecular complexity index is 1060. The number of carbonyl (C=O) groups excluding carboxylic acids is 2. The number of hydrogen-bond donors (Lipinski definition) is 1. The molecule has 2 heterocycles. The zero-order valence-electron chi connectivity index (χ0n) is 19.9. The number of carbonyl (C=O) groups is 2. The number of esters is 1. The first kappa shape index (κ1) is 25.7. The maximum atomic E-state index is 12.3. The van der Waals surface area contributed by atoms with Crippen LogP contribution in [0.4, 0.5) is 4.79 Å². The molecule has 1 aromatic carbocycles. The number of aromatic nitrogens is 1. The summed E-state index contributed by atoms with van der Waals surface area (Å²) in [7, 11) is 0.527. The van der Waals surface area contributed by atoms with E-state index in [0.717, 1.165) is 5.56 Å². The van der Waals surface area contributed by atoms with Crippen LogP contribution in [0, 0.1) is 0 Å². The number of rotatable bonds is 7. The van der Waals surface area contributed by atoms with Gasteiger partial charge in [0.2, 0.25) is 0 Å². The van der Waals surface area contributed by atoms with Gasteiger partial charge >= 0.3 is 19.2 Å². The Labute approximate surface area is 204 Å². The third-order valence-corrected chi connectivity index (χ3v) is 6.12. The second-order valence-electron chi connectivity index (χ2n) is 8.82. The highest BCUT2D eigenvalue weighted by Crippen LogP contribution is 2.38. The predicted molar refractivity (Wildman–Crippen MR) is 129 cm³/mol. The van der Waals surface area contributed by atoms with Gasteiger partial charge in [0.25, 0.3) is 0 Å². The smallest absolute Gasteiger partial charge is 0.465 e. The third-order valence-electron chi connectivity index (χ3n) is 5.82. The van der Waals surface area contributed by atoms with E-state index in [1.165, 1.54) is 13.3 Å². The minimum Gasteiger partial charge on any atom is -0.465 e. The minimum atomic E-state index is -0.739. The van der Waals surface area contributed by atoms with E-state index < -0.39 is 30.4 Å². The number of benzene rings is 1. The van der Waals surface area contributed by atoms with Gasteiger partial charge in [-0.2, -0.15) is 0 Å². The van der Waals surface area contributed by atoms with Crippen LogP contribution >= 0.6 is 11.6 Å². The van der Waals surface area contributed by atoms with Gasteiger partial charge < -0.3 is 24.1 Å². The molecule has 180 valence electrons. The summed E-state index contributed by atoms with van der Waals surface area (Å²) >= 11 is 6.04. The lowest BCUT2D eigenvalue weighted by molar-refractivity contribution is 0.00578. The van der Waals surface area contributed by atoms with Gasteiger partial charge in [-0.1, -0.05) is 48.0 Å². The zero-order chi connectivity index (χ0) is 24.9. The summed E-state index contributed by atoms with van der Waals surface area (Å²) in [5.41, 5.74) is 1.01. The Hall–Kier alpha value is -2.88. The zero-order valence-corrected chi connectivity index (χ0v) is 20.6. The summed E-state index contributed by atoms with van der Waals surface area (Å²) in [4.78, 5) is 28.4. The topological polar surface area (TPSA) is 96.0 Å². The normalized spacial score (nSPS) is 16.8. The number of alkyl carbamates (subject to hydrolysis) is 1. The van der Waals surface area contributed by atoms with Gasteiger partial charge in [0.05, 0.1) is 23.9 Å². The lowest BCUT2D eigenvalue weighted by Crippen LogP contribution is -2.41. The summed E-state index contributed by atoms with van der Waals surface area (Å²) in [6.45, 7) is 7.97. The van der Waals surface area contributed by atoms with E-state index in [1.54, 1.807) is 12.1 Å². The largest absolute Gasteiger partial charge is 0.492 e. The lowest BCUT2D eigenvalue weighted by atomic mass is 9.77. The third kappa shape index (κ3) is 6.17. The summed E-state index contributed by atoms with van der Waals surface area (Å²) in [6, 6.07) is 10.9. The summed E-state index contributed by atoms with van der Waals surface area (Å²) < 4.78 is 22.4. The number of ether oxygens (including phenoxy) is 2. The molecular weight excluding hydrogens is 459 g/mol. The molecule has 1 fully saturated rings. The maximum Gasteiger partial charge on any atom is 0.492 e. The van der Waals surface area contributed by atoms with Gasteiger partial charge in [-0.25, -0.2) is 14.6 Å². The van der Waals surface area contributed by atoms with E-state index in [1.807, 2.05) is 58.0 Å². The second kappa shape index (κ2) is 10.6. The molecule has 0 aliphatic carbocycles. The van der Waals surface area contributed by atoms with Crippen molar-refractivity contribution in [2.45, 2.75) is 45.5 Å². The van der Waals surface area contributed by atoms with E-state index in [2.05, 4.69) is 10.3 Å². The highest BCUT2D eigenvalue weighted by atomic mass is 35.5. The van der Waals surface area contributed by atoms with Gasteiger partial charge in [-0.15, -0.1) is 0 Å². The summed E-state index contributed by atoms with van der Waals surface area (Å²) in [5, 5.41) is 2.77. The van der Waals surface area contributed by atoms with Crippen molar-refractivity contribution in [3.63, 3.8) is 0 Å². The fourth-order valence-corrected chi connectivity index (χ4v) is 3.34. The lowest BCUT2D eigenvalue weighted by Gasteiger charge is -2.32. The molecule has 1 aromatic heterocycles. The molecule has 2 aromatic rings. The van der Waals surface area contributed by atoms with Gasteiger partial charge in [0, 0.05) is 12.7 Å². The molecule has 0 bridgehead atoms. The number of halogens is 1. The molecule has 0 saturated carbocycles. The predicted octanol–water partition coefficient (Wildman–Crippen LogP) is 4.46. The van der Waals surface area contributed by atoms with Crippen molar-refractivity contribution in [3.05, 3.63) is 69.9 Å². The highest BCUT2D eigenvalue weighted by molar-refractivity contribution is 6.56. The second-order valence-corrected chi connectivity index (χ2v) is 9.18. The SMILES string of the molecule is COC(=O)c1cc(C=C(CNC(=O)OCc2ccccc2)B2OC(C)(C)C(C)(C)O2)cnc1Cl. The number of methoxy groups -OCH3 is 1. The Balaban J connectivity index is 1.80. The van der Waals surface area contributed by atoms with Crippen molar-refractivity contribution >= 4 is 36.9 Å². The van der Waals surface area contributed by atoms with Crippen LogP contribution in [0.1, 0.15) is 49.2 Å².